The van der Waals surface area contributed by atoms with Crippen molar-refractivity contribution in [1.82, 2.24) is 10.4 Å². The van der Waals surface area contributed by atoms with Gasteiger partial charge in [0.05, 0.1) is 24.0 Å². The Morgan fingerprint density at radius 1 is 1.09 bits per heavy atom. The second-order valence-electron chi connectivity index (χ2n) is 5.80. The number of fused-ring (bicyclic) bond motifs is 5. The van der Waals surface area contributed by atoms with Gasteiger partial charge in [-0.1, -0.05) is 11.6 Å². The van der Waals surface area contributed by atoms with Gasteiger partial charge >= 0.3 is 0 Å². The zero-order valence-corrected chi connectivity index (χ0v) is 12.2. The molecule has 114 valence electrons. The van der Waals surface area contributed by atoms with Crippen LogP contribution in [0.4, 0.5) is 0 Å². The standard InChI is InChI=1S/C15H13ClN2O4/c16-8-3-1-7(2-4-8)13(19)17-18-14(20)11-9-5-6-10(22-9)12(11)15(18)21/h1-4,9-12H,5-6H2,(H,17,19)/t9-,10-,11-,12-/m0/s1. The van der Waals surface area contributed by atoms with Crippen molar-refractivity contribution < 1.29 is 19.1 Å². The Morgan fingerprint density at radius 3 is 2.18 bits per heavy atom. The van der Waals surface area contributed by atoms with Crippen molar-refractivity contribution >= 4 is 29.3 Å². The summed E-state index contributed by atoms with van der Waals surface area (Å²) in [7, 11) is 0. The average molecular weight is 321 g/mol. The molecule has 3 aliphatic rings. The van der Waals surface area contributed by atoms with Crippen LogP contribution in [-0.2, 0) is 14.3 Å². The lowest BCUT2D eigenvalue weighted by Crippen LogP contribution is -2.47. The van der Waals surface area contributed by atoms with E-state index in [1.807, 2.05) is 0 Å². The monoisotopic (exact) mass is 320 g/mol. The van der Waals surface area contributed by atoms with Crippen LogP contribution in [0.1, 0.15) is 23.2 Å². The molecule has 6 nitrogen and oxygen atoms in total. The number of ether oxygens (including phenoxy) is 1. The molecule has 3 amide bonds. The molecular weight excluding hydrogens is 308 g/mol. The zero-order valence-electron chi connectivity index (χ0n) is 11.5. The van der Waals surface area contributed by atoms with Gasteiger partial charge < -0.3 is 4.74 Å². The normalized spacial score (nSPS) is 32.5. The van der Waals surface area contributed by atoms with E-state index < -0.39 is 17.7 Å². The van der Waals surface area contributed by atoms with Gasteiger partial charge in [0.1, 0.15) is 0 Å². The molecule has 0 radical (unpaired) electrons. The fraction of sp³-hybridized carbons (Fsp3) is 0.400. The van der Waals surface area contributed by atoms with Gasteiger partial charge in [0, 0.05) is 10.6 Å². The van der Waals surface area contributed by atoms with Gasteiger partial charge in [-0.2, -0.15) is 5.01 Å². The minimum absolute atomic E-state index is 0.191. The fourth-order valence-corrected chi connectivity index (χ4v) is 3.72. The number of benzene rings is 1. The van der Waals surface area contributed by atoms with E-state index in [4.69, 9.17) is 16.3 Å². The molecule has 1 N–H and O–H groups in total. The highest BCUT2D eigenvalue weighted by Gasteiger charge is 2.62. The van der Waals surface area contributed by atoms with Crippen molar-refractivity contribution in [3.8, 4) is 0 Å². The number of carbonyl (C=O) groups is 3. The summed E-state index contributed by atoms with van der Waals surface area (Å²) in [4.78, 5) is 37.0. The molecule has 0 aromatic heterocycles. The van der Waals surface area contributed by atoms with Crippen molar-refractivity contribution in [3.05, 3.63) is 34.9 Å². The number of hydrazine groups is 1. The first-order valence-corrected chi connectivity index (χ1v) is 7.54. The predicted octanol–water partition coefficient (Wildman–Crippen LogP) is 1.15. The van der Waals surface area contributed by atoms with Crippen LogP contribution in [0.15, 0.2) is 24.3 Å². The summed E-state index contributed by atoms with van der Waals surface area (Å²) in [5, 5.41) is 1.37. The molecule has 1 aromatic carbocycles. The van der Waals surface area contributed by atoms with E-state index in [9.17, 15) is 14.4 Å². The Labute approximate surface area is 131 Å². The maximum atomic E-state index is 12.4. The topological polar surface area (TPSA) is 75.7 Å². The summed E-state index contributed by atoms with van der Waals surface area (Å²) in [5.74, 6) is -2.14. The van der Waals surface area contributed by atoms with Crippen LogP contribution in [0.3, 0.4) is 0 Å². The lowest BCUT2D eigenvalue weighted by atomic mass is 9.81. The van der Waals surface area contributed by atoms with Crippen LogP contribution in [0.2, 0.25) is 5.02 Å². The Kier molecular flexibility index (Phi) is 2.99. The van der Waals surface area contributed by atoms with E-state index in [1.165, 1.54) is 12.1 Å². The lowest BCUT2D eigenvalue weighted by Gasteiger charge is -2.18. The van der Waals surface area contributed by atoms with Gasteiger partial charge in [-0.15, -0.1) is 0 Å². The first kappa shape index (κ1) is 13.7. The SMILES string of the molecule is O=C(NN1C(=O)[C@@H]2[C@@H](C1=O)[C@@H]1CC[C@@H]2O1)c1ccc(Cl)cc1. The number of carbonyl (C=O) groups excluding carboxylic acids is 3. The predicted molar refractivity (Wildman–Crippen MR) is 75.6 cm³/mol. The number of halogens is 1. The van der Waals surface area contributed by atoms with E-state index >= 15 is 0 Å². The van der Waals surface area contributed by atoms with Gasteiger partial charge in [-0.05, 0) is 37.1 Å². The number of nitrogens with zero attached hydrogens (tertiary/aromatic N) is 1. The molecule has 3 aliphatic heterocycles. The molecule has 1 aromatic rings. The van der Waals surface area contributed by atoms with Crippen LogP contribution < -0.4 is 5.43 Å². The zero-order chi connectivity index (χ0) is 15.4. The number of hydrogen-bond acceptors (Lipinski definition) is 4. The summed E-state index contributed by atoms with van der Waals surface area (Å²) in [5.41, 5.74) is 2.74. The van der Waals surface area contributed by atoms with Crippen molar-refractivity contribution in [3.63, 3.8) is 0 Å². The third-order valence-electron chi connectivity index (χ3n) is 4.60. The molecule has 3 fully saturated rings. The number of hydrogen-bond donors (Lipinski definition) is 1. The van der Waals surface area contributed by atoms with Gasteiger partial charge in [0.2, 0.25) is 0 Å². The molecule has 2 bridgehead atoms. The molecule has 3 saturated heterocycles. The smallest absolute Gasteiger partial charge is 0.270 e. The second-order valence-corrected chi connectivity index (χ2v) is 6.24. The van der Waals surface area contributed by atoms with E-state index in [-0.39, 0.29) is 24.0 Å². The van der Waals surface area contributed by atoms with Crippen LogP contribution in [0, 0.1) is 11.8 Å². The molecule has 0 unspecified atom stereocenters. The highest BCUT2D eigenvalue weighted by molar-refractivity contribution is 6.30. The summed E-state index contributed by atoms with van der Waals surface area (Å²) >= 11 is 5.77. The molecule has 7 heteroatoms. The largest absolute Gasteiger partial charge is 0.373 e. The third-order valence-corrected chi connectivity index (χ3v) is 4.86. The van der Waals surface area contributed by atoms with Crippen LogP contribution in [-0.4, -0.2) is 34.9 Å². The van der Waals surface area contributed by atoms with Gasteiger partial charge in [-0.25, -0.2) is 0 Å². The minimum Gasteiger partial charge on any atom is -0.373 e. The average Bonchev–Trinajstić information content (AvgIpc) is 3.17. The number of rotatable bonds is 2. The van der Waals surface area contributed by atoms with Crippen molar-refractivity contribution in [1.29, 1.82) is 0 Å². The first-order chi connectivity index (χ1) is 10.6. The Bertz CT molecular complexity index is 647. The molecule has 0 aliphatic carbocycles. The lowest BCUT2D eigenvalue weighted by molar-refractivity contribution is -0.145. The van der Waals surface area contributed by atoms with Crippen molar-refractivity contribution in [2.75, 3.05) is 0 Å². The van der Waals surface area contributed by atoms with Crippen LogP contribution in [0.25, 0.3) is 0 Å². The molecule has 22 heavy (non-hydrogen) atoms. The molecule has 4 rings (SSSR count). The van der Waals surface area contributed by atoms with E-state index in [1.54, 1.807) is 12.1 Å². The van der Waals surface area contributed by atoms with E-state index in [2.05, 4.69) is 5.43 Å². The summed E-state index contributed by atoms with van der Waals surface area (Å²) < 4.78 is 5.64. The summed E-state index contributed by atoms with van der Waals surface area (Å²) in [6, 6.07) is 6.23. The first-order valence-electron chi connectivity index (χ1n) is 7.16. The molecule has 0 saturated carbocycles. The number of imide groups is 1. The highest BCUT2D eigenvalue weighted by Crippen LogP contribution is 2.48. The van der Waals surface area contributed by atoms with Gasteiger partial charge in [-0.3, -0.25) is 19.8 Å². The molecular formula is C15H13ClN2O4. The summed E-state index contributed by atoms with van der Waals surface area (Å²) in [6.07, 6.45) is 1.21. The van der Waals surface area contributed by atoms with Gasteiger partial charge in [0.25, 0.3) is 17.7 Å². The second kappa shape index (κ2) is 4.79. The number of amides is 3. The highest BCUT2D eigenvalue weighted by atomic mass is 35.5. The molecule has 0 spiro atoms. The maximum Gasteiger partial charge on any atom is 0.270 e. The van der Waals surface area contributed by atoms with Crippen LogP contribution in [0.5, 0.6) is 0 Å². The Hall–Kier alpha value is -1.92. The quantitative estimate of drug-likeness (QED) is 0.829. The number of nitrogens with one attached hydrogen (secondary N) is 1. The Balaban J connectivity index is 1.54. The summed E-state index contributed by atoms with van der Waals surface area (Å²) in [6.45, 7) is 0. The van der Waals surface area contributed by atoms with Crippen molar-refractivity contribution in [2.45, 2.75) is 25.0 Å². The third kappa shape index (κ3) is 1.87. The maximum absolute atomic E-state index is 12.4. The van der Waals surface area contributed by atoms with Crippen LogP contribution >= 0.6 is 11.6 Å². The van der Waals surface area contributed by atoms with Gasteiger partial charge in [0.15, 0.2) is 0 Å². The van der Waals surface area contributed by atoms with E-state index in [0.29, 0.717) is 10.6 Å². The molecule has 4 atom stereocenters. The fourth-order valence-electron chi connectivity index (χ4n) is 3.59. The Morgan fingerprint density at radius 2 is 1.64 bits per heavy atom. The minimum atomic E-state index is -0.508. The van der Waals surface area contributed by atoms with E-state index in [0.717, 1.165) is 17.9 Å². The molecule has 3 heterocycles. The van der Waals surface area contributed by atoms with Crippen molar-refractivity contribution in [2.24, 2.45) is 11.8 Å².